The molecule has 0 saturated heterocycles. The second-order valence-electron chi connectivity index (χ2n) is 6.92. The molecule has 0 unspecified atom stereocenters. The number of allylic oxidation sites excluding steroid dienone is 1. The first-order valence-electron chi connectivity index (χ1n) is 9.62. The lowest BCUT2D eigenvalue weighted by molar-refractivity contribution is 0.884. The highest BCUT2D eigenvalue weighted by Crippen LogP contribution is 2.30. The largest absolute Gasteiger partial charge is 0.240 e. The maximum Gasteiger partial charge on any atom is 0.101 e. The minimum Gasteiger partial charge on any atom is -0.240 e. The van der Waals surface area contributed by atoms with Crippen LogP contribution in [-0.4, -0.2) is 9.78 Å². The van der Waals surface area contributed by atoms with Gasteiger partial charge in [-0.1, -0.05) is 60.7 Å². The number of nitrogens with zero attached hydrogens (tertiary/aromatic N) is 3. The first kappa shape index (κ1) is 18.1. The van der Waals surface area contributed by atoms with Gasteiger partial charge in [0.2, 0.25) is 0 Å². The molecule has 2 heterocycles. The first-order valence-corrected chi connectivity index (χ1v) is 10.5. The van der Waals surface area contributed by atoms with E-state index >= 15 is 0 Å². The van der Waals surface area contributed by atoms with Gasteiger partial charge in [0, 0.05) is 22.2 Å². The molecule has 0 aliphatic carbocycles. The van der Waals surface area contributed by atoms with Crippen LogP contribution in [0, 0.1) is 11.3 Å². The SMILES string of the molecule is N#CC(=Cc1cn(-c2ccccc2)nc1-c1ccc2ccccc2c1)c1cccs1. The van der Waals surface area contributed by atoms with Crippen LogP contribution in [0.1, 0.15) is 10.4 Å². The Labute approximate surface area is 178 Å². The third-order valence-corrected chi connectivity index (χ3v) is 5.90. The zero-order valence-corrected chi connectivity index (χ0v) is 16.9. The van der Waals surface area contributed by atoms with Gasteiger partial charge in [-0.15, -0.1) is 11.3 Å². The number of aromatic nitrogens is 2. The van der Waals surface area contributed by atoms with E-state index in [0.717, 1.165) is 32.8 Å². The van der Waals surface area contributed by atoms with E-state index in [1.165, 1.54) is 5.39 Å². The van der Waals surface area contributed by atoms with Crippen LogP contribution in [-0.2, 0) is 0 Å². The summed E-state index contributed by atoms with van der Waals surface area (Å²) in [6.45, 7) is 0. The molecule has 0 bridgehead atoms. The minimum atomic E-state index is 0.639. The van der Waals surface area contributed by atoms with E-state index in [1.807, 2.05) is 76.9 Å². The topological polar surface area (TPSA) is 41.6 Å². The van der Waals surface area contributed by atoms with Gasteiger partial charge in [0.25, 0.3) is 0 Å². The maximum absolute atomic E-state index is 9.75. The molecule has 0 spiro atoms. The summed E-state index contributed by atoms with van der Waals surface area (Å²) in [7, 11) is 0. The van der Waals surface area contributed by atoms with Gasteiger partial charge in [-0.05, 0) is 46.5 Å². The quantitative estimate of drug-likeness (QED) is 0.309. The summed E-state index contributed by atoms with van der Waals surface area (Å²) in [4.78, 5) is 0.953. The normalized spacial score (nSPS) is 11.5. The Morgan fingerprint density at radius 1 is 0.900 bits per heavy atom. The molecule has 0 radical (unpaired) electrons. The fourth-order valence-electron chi connectivity index (χ4n) is 3.51. The van der Waals surface area contributed by atoms with Crippen molar-refractivity contribution in [2.45, 2.75) is 0 Å². The van der Waals surface area contributed by atoms with Crippen molar-refractivity contribution in [1.29, 1.82) is 5.26 Å². The van der Waals surface area contributed by atoms with Crippen LogP contribution in [0.3, 0.4) is 0 Å². The van der Waals surface area contributed by atoms with Crippen LogP contribution in [0.2, 0.25) is 0 Å². The molecule has 2 aromatic heterocycles. The summed E-state index contributed by atoms with van der Waals surface area (Å²) in [5.74, 6) is 0. The van der Waals surface area contributed by atoms with E-state index in [1.54, 1.807) is 11.3 Å². The lowest BCUT2D eigenvalue weighted by Gasteiger charge is -2.03. The number of thiophene rings is 1. The van der Waals surface area contributed by atoms with Gasteiger partial charge < -0.3 is 0 Å². The molecule has 142 valence electrons. The molecule has 0 aliphatic rings. The highest BCUT2D eigenvalue weighted by Gasteiger charge is 2.13. The van der Waals surface area contributed by atoms with Crippen molar-refractivity contribution in [3.63, 3.8) is 0 Å². The van der Waals surface area contributed by atoms with Gasteiger partial charge in [-0.2, -0.15) is 10.4 Å². The summed E-state index contributed by atoms with van der Waals surface area (Å²) < 4.78 is 1.87. The number of hydrogen-bond acceptors (Lipinski definition) is 3. The number of benzene rings is 3. The summed E-state index contributed by atoms with van der Waals surface area (Å²) in [5, 5.41) is 19.0. The second-order valence-corrected chi connectivity index (χ2v) is 7.87. The van der Waals surface area contributed by atoms with Crippen LogP contribution in [0.25, 0.3) is 39.4 Å². The van der Waals surface area contributed by atoms with E-state index < -0.39 is 0 Å². The molecule has 0 saturated carbocycles. The molecule has 5 rings (SSSR count). The van der Waals surface area contributed by atoms with Gasteiger partial charge >= 0.3 is 0 Å². The number of fused-ring (bicyclic) bond motifs is 1. The van der Waals surface area contributed by atoms with E-state index in [4.69, 9.17) is 5.10 Å². The predicted molar refractivity (Wildman–Crippen MR) is 124 cm³/mol. The summed E-state index contributed by atoms with van der Waals surface area (Å²) >= 11 is 1.56. The summed E-state index contributed by atoms with van der Waals surface area (Å²) in [6, 6.07) is 31.0. The standard InChI is InChI=1S/C26H17N3S/c27-17-22(25-11-6-14-30-25)16-23-18-29(24-9-2-1-3-10-24)28-26(23)21-13-12-19-7-4-5-8-20(19)15-21/h1-16,18H. The van der Waals surface area contributed by atoms with Gasteiger partial charge in [0.05, 0.1) is 11.3 Å². The summed E-state index contributed by atoms with van der Waals surface area (Å²) in [5.41, 5.74) is 4.42. The Bertz CT molecular complexity index is 1390. The van der Waals surface area contributed by atoms with Crippen molar-refractivity contribution in [3.8, 4) is 23.0 Å². The second kappa shape index (κ2) is 7.82. The monoisotopic (exact) mass is 403 g/mol. The third kappa shape index (κ3) is 3.43. The van der Waals surface area contributed by atoms with Crippen LogP contribution >= 0.6 is 11.3 Å². The number of nitriles is 1. The Morgan fingerprint density at radius 3 is 2.47 bits per heavy atom. The van der Waals surface area contributed by atoms with Gasteiger partial charge in [-0.3, -0.25) is 0 Å². The van der Waals surface area contributed by atoms with E-state index in [-0.39, 0.29) is 0 Å². The van der Waals surface area contributed by atoms with Crippen LogP contribution in [0.5, 0.6) is 0 Å². The molecule has 30 heavy (non-hydrogen) atoms. The number of hydrogen-bond donors (Lipinski definition) is 0. The van der Waals surface area contributed by atoms with Crippen molar-refractivity contribution in [1.82, 2.24) is 9.78 Å². The van der Waals surface area contributed by atoms with E-state index in [2.05, 4.69) is 36.4 Å². The minimum absolute atomic E-state index is 0.639. The highest BCUT2D eigenvalue weighted by atomic mass is 32.1. The van der Waals surface area contributed by atoms with Crippen LogP contribution in [0.15, 0.2) is 96.5 Å². The molecule has 5 aromatic rings. The van der Waals surface area contributed by atoms with Gasteiger partial charge in [0.1, 0.15) is 11.8 Å². The zero-order valence-electron chi connectivity index (χ0n) is 16.1. The average molecular weight is 404 g/mol. The molecule has 0 amide bonds. The Balaban J connectivity index is 1.70. The van der Waals surface area contributed by atoms with Crippen molar-refractivity contribution in [2.75, 3.05) is 0 Å². The van der Waals surface area contributed by atoms with E-state index in [0.29, 0.717) is 5.57 Å². The Kier molecular flexibility index (Phi) is 4.72. The van der Waals surface area contributed by atoms with Crippen molar-refractivity contribution >= 4 is 33.8 Å². The van der Waals surface area contributed by atoms with Crippen LogP contribution < -0.4 is 0 Å². The predicted octanol–water partition coefficient (Wildman–Crippen LogP) is 6.82. The summed E-state index contributed by atoms with van der Waals surface area (Å²) in [6.07, 6.45) is 3.92. The molecule has 3 nitrogen and oxygen atoms in total. The molecule has 4 heteroatoms. The number of para-hydroxylation sites is 1. The molecule has 0 N–H and O–H groups in total. The maximum atomic E-state index is 9.75. The third-order valence-electron chi connectivity index (χ3n) is 4.99. The van der Waals surface area contributed by atoms with Gasteiger partial charge in [0.15, 0.2) is 0 Å². The lowest BCUT2D eigenvalue weighted by atomic mass is 10.0. The zero-order chi connectivity index (χ0) is 20.3. The molecular formula is C26H17N3S. The van der Waals surface area contributed by atoms with Crippen molar-refractivity contribution in [2.24, 2.45) is 0 Å². The molecule has 0 aliphatic heterocycles. The fraction of sp³-hybridized carbons (Fsp3) is 0. The van der Waals surface area contributed by atoms with E-state index in [9.17, 15) is 5.26 Å². The van der Waals surface area contributed by atoms with Crippen molar-refractivity contribution < 1.29 is 0 Å². The smallest absolute Gasteiger partial charge is 0.101 e. The highest BCUT2D eigenvalue weighted by molar-refractivity contribution is 7.11. The molecule has 0 atom stereocenters. The Hall–Kier alpha value is -3.94. The number of rotatable bonds is 4. The molecule has 0 fully saturated rings. The fourth-order valence-corrected chi connectivity index (χ4v) is 4.21. The Morgan fingerprint density at radius 2 is 1.70 bits per heavy atom. The average Bonchev–Trinajstić information content (AvgIpc) is 3.48. The van der Waals surface area contributed by atoms with Gasteiger partial charge in [-0.25, -0.2) is 4.68 Å². The van der Waals surface area contributed by atoms with Crippen molar-refractivity contribution in [3.05, 3.63) is 107 Å². The first-order chi connectivity index (χ1) is 14.8. The molecule has 3 aromatic carbocycles. The lowest BCUT2D eigenvalue weighted by Crippen LogP contribution is -1.94. The van der Waals surface area contributed by atoms with Crippen LogP contribution in [0.4, 0.5) is 0 Å². The molecular weight excluding hydrogens is 386 g/mol.